The third kappa shape index (κ3) is 3.32. The SMILES string of the molecule is COc1cc(C2NC(=O)NC(c3ccc(O)c(OC)c3)C23C(=O)NC(=O)NC3=O)ccc1O. The molecule has 0 saturated carbocycles. The molecule has 2 aromatic carbocycles. The quantitative estimate of drug-likeness (QED) is 0.362. The van der Waals surface area contributed by atoms with Crippen molar-refractivity contribution in [1.29, 1.82) is 0 Å². The lowest BCUT2D eigenvalue weighted by molar-refractivity contribution is -0.150. The summed E-state index contributed by atoms with van der Waals surface area (Å²) in [4.78, 5) is 51.3. The Hall–Kier alpha value is -4.48. The van der Waals surface area contributed by atoms with Crippen molar-refractivity contribution in [2.75, 3.05) is 14.2 Å². The number of imide groups is 2. The predicted octanol–water partition coefficient (Wildman–Crippen LogP) is 0.563. The molecule has 2 aliphatic rings. The van der Waals surface area contributed by atoms with E-state index < -0.39 is 41.4 Å². The largest absolute Gasteiger partial charge is 0.504 e. The van der Waals surface area contributed by atoms with Crippen molar-refractivity contribution in [3.8, 4) is 23.0 Å². The van der Waals surface area contributed by atoms with Gasteiger partial charge >= 0.3 is 12.1 Å². The average Bonchev–Trinajstić information content (AvgIpc) is 2.78. The summed E-state index contributed by atoms with van der Waals surface area (Å²) in [5, 5.41) is 29.3. The molecular formula is C21H20N4O8. The number of nitrogens with one attached hydrogen (secondary N) is 4. The molecular weight excluding hydrogens is 436 g/mol. The fourth-order valence-electron chi connectivity index (χ4n) is 4.21. The fraction of sp³-hybridized carbons (Fsp3) is 0.238. The van der Waals surface area contributed by atoms with Crippen LogP contribution in [-0.2, 0) is 9.59 Å². The van der Waals surface area contributed by atoms with Crippen LogP contribution in [0.3, 0.4) is 0 Å². The van der Waals surface area contributed by atoms with Crippen LogP contribution in [0.1, 0.15) is 23.2 Å². The molecule has 12 nitrogen and oxygen atoms in total. The monoisotopic (exact) mass is 456 g/mol. The van der Waals surface area contributed by atoms with E-state index in [2.05, 4.69) is 21.3 Å². The molecule has 6 amide bonds. The minimum atomic E-state index is -2.09. The van der Waals surface area contributed by atoms with Crippen LogP contribution in [0, 0.1) is 5.41 Å². The lowest BCUT2D eigenvalue weighted by Gasteiger charge is -2.48. The van der Waals surface area contributed by atoms with E-state index in [0.717, 1.165) is 0 Å². The number of phenolic OH excluding ortho intramolecular Hbond substituents is 2. The molecule has 2 fully saturated rings. The van der Waals surface area contributed by atoms with Gasteiger partial charge in [0, 0.05) is 0 Å². The summed E-state index contributed by atoms with van der Waals surface area (Å²) in [6.45, 7) is 0. The molecule has 1 spiro atoms. The molecule has 2 unspecified atom stereocenters. The molecule has 6 N–H and O–H groups in total. The molecule has 2 heterocycles. The lowest BCUT2D eigenvalue weighted by Crippen LogP contribution is -2.73. The van der Waals surface area contributed by atoms with E-state index in [9.17, 15) is 29.4 Å². The Bertz CT molecular complexity index is 1090. The Kier molecular flexibility index (Phi) is 5.20. The van der Waals surface area contributed by atoms with Crippen LogP contribution in [0.2, 0.25) is 0 Å². The van der Waals surface area contributed by atoms with Crippen LogP contribution in [0.4, 0.5) is 9.59 Å². The number of rotatable bonds is 4. The van der Waals surface area contributed by atoms with E-state index in [1.807, 2.05) is 0 Å². The molecule has 4 rings (SSSR count). The van der Waals surface area contributed by atoms with Crippen LogP contribution >= 0.6 is 0 Å². The molecule has 0 bridgehead atoms. The van der Waals surface area contributed by atoms with Crippen molar-refractivity contribution < 1.29 is 38.9 Å². The van der Waals surface area contributed by atoms with Crippen molar-refractivity contribution in [1.82, 2.24) is 21.3 Å². The van der Waals surface area contributed by atoms with Crippen molar-refractivity contribution in [3.05, 3.63) is 47.5 Å². The van der Waals surface area contributed by atoms with Crippen molar-refractivity contribution >= 4 is 23.9 Å². The van der Waals surface area contributed by atoms with Gasteiger partial charge in [-0.3, -0.25) is 20.2 Å². The number of hydrogen-bond acceptors (Lipinski definition) is 8. The summed E-state index contributed by atoms with van der Waals surface area (Å²) in [5.74, 6) is -2.21. The van der Waals surface area contributed by atoms with Crippen LogP contribution < -0.4 is 30.7 Å². The molecule has 0 radical (unpaired) electrons. The minimum absolute atomic E-state index is 0.0472. The maximum atomic E-state index is 13.4. The van der Waals surface area contributed by atoms with E-state index in [1.54, 1.807) is 0 Å². The van der Waals surface area contributed by atoms with E-state index >= 15 is 0 Å². The smallest absolute Gasteiger partial charge is 0.328 e. The summed E-state index contributed by atoms with van der Waals surface area (Å²) >= 11 is 0. The van der Waals surface area contributed by atoms with Gasteiger partial charge in [-0.2, -0.15) is 0 Å². The van der Waals surface area contributed by atoms with Gasteiger partial charge in [-0.1, -0.05) is 12.1 Å². The highest BCUT2D eigenvalue weighted by Gasteiger charge is 2.64. The zero-order chi connectivity index (χ0) is 23.9. The van der Waals surface area contributed by atoms with Gasteiger partial charge in [0.15, 0.2) is 28.4 Å². The normalized spacial score (nSPS) is 21.5. The van der Waals surface area contributed by atoms with E-state index in [-0.39, 0.29) is 34.1 Å². The molecule has 0 aromatic heterocycles. The van der Waals surface area contributed by atoms with Gasteiger partial charge in [0.1, 0.15) is 0 Å². The summed E-state index contributed by atoms with van der Waals surface area (Å²) in [5.41, 5.74) is -1.57. The van der Waals surface area contributed by atoms with E-state index in [4.69, 9.17) is 9.47 Å². The van der Waals surface area contributed by atoms with Gasteiger partial charge in [-0.05, 0) is 35.4 Å². The summed E-state index contributed by atoms with van der Waals surface area (Å²) < 4.78 is 10.3. The van der Waals surface area contributed by atoms with Gasteiger partial charge < -0.3 is 30.3 Å². The number of carbonyl (C=O) groups is 4. The van der Waals surface area contributed by atoms with E-state index in [1.165, 1.54) is 50.6 Å². The number of carbonyl (C=O) groups excluding carboxylic acids is 4. The molecule has 33 heavy (non-hydrogen) atoms. The Morgan fingerprint density at radius 3 is 1.55 bits per heavy atom. The molecule has 2 saturated heterocycles. The van der Waals surface area contributed by atoms with Gasteiger partial charge in [0.25, 0.3) is 0 Å². The first-order valence-electron chi connectivity index (χ1n) is 9.70. The van der Waals surface area contributed by atoms with Crippen LogP contribution in [-0.4, -0.2) is 48.3 Å². The van der Waals surface area contributed by atoms with E-state index in [0.29, 0.717) is 0 Å². The van der Waals surface area contributed by atoms with Crippen LogP contribution in [0.15, 0.2) is 36.4 Å². The Balaban J connectivity index is 1.96. The minimum Gasteiger partial charge on any atom is -0.504 e. The number of urea groups is 2. The maximum absolute atomic E-state index is 13.4. The number of barbiturate groups is 1. The topological polar surface area (TPSA) is 175 Å². The zero-order valence-electron chi connectivity index (χ0n) is 17.5. The first-order valence-corrected chi connectivity index (χ1v) is 9.70. The maximum Gasteiger partial charge on any atom is 0.328 e. The van der Waals surface area contributed by atoms with Gasteiger partial charge in [0.2, 0.25) is 11.8 Å². The van der Waals surface area contributed by atoms with Gasteiger partial charge in [0.05, 0.1) is 26.3 Å². The van der Waals surface area contributed by atoms with Crippen molar-refractivity contribution in [3.63, 3.8) is 0 Å². The predicted molar refractivity (Wildman–Crippen MR) is 111 cm³/mol. The molecule has 0 aliphatic carbocycles. The highest BCUT2D eigenvalue weighted by molar-refractivity contribution is 6.21. The summed E-state index contributed by atoms with van der Waals surface area (Å²) in [7, 11) is 2.64. The number of hydrogen-bond donors (Lipinski definition) is 6. The third-order valence-corrected chi connectivity index (χ3v) is 5.74. The Labute approximate surface area is 186 Å². The first-order chi connectivity index (χ1) is 15.7. The lowest BCUT2D eigenvalue weighted by atomic mass is 9.65. The molecule has 2 aliphatic heterocycles. The zero-order valence-corrected chi connectivity index (χ0v) is 17.5. The molecule has 12 heteroatoms. The molecule has 2 atom stereocenters. The summed E-state index contributed by atoms with van der Waals surface area (Å²) in [6, 6.07) is 3.90. The van der Waals surface area contributed by atoms with Crippen LogP contribution in [0.5, 0.6) is 23.0 Å². The number of phenols is 2. The third-order valence-electron chi connectivity index (χ3n) is 5.74. The average molecular weight is 456 g/mol. The Morgan fingerprint density at radius 1 is 0.727 bits per heavy atom. The molecule has 172 valence electrons. The number of benzene rings is 2. The highest BCUT2D eigenvalue weighted by atomic mass is 16.5. The first kappa shape index (κ1) is 21.7. The second-order valence-electron chi connectivity index (χ2n) is 7.45. The highest BCUT2D eigenvalue weighted by Crippen LogP contribution is 2.50. The Morgan fingerprint density at radius 2 is 1.15 bits per heavy atom. The van der Waals surface area contributed by atoms with Crippen LogP contribution in [0.25, 0.3) is 0 Å². The number of aromatic hydroxyl groups is 2. The van der Waals surface area contributed by atoms with Gasteiger partial charge in [-0.15, -0.1) is 0 Å². The van der Waals surface area contributed by atoms with Gasteiger partial charge in [-0.25, -0.2) is 9.59 Å². The fourth-order valence-corrected chi connectivity index (χ4v) is 4.21. The standard InChI is InChI=1S/C21H20N4O8/c1-32-13-7-9(3-5-11(13)26)15-21(17(28)24-20(31)25-18(21)29)16(23-19(30)22-15)10-4-6-12(27)14(8-10)33-2/h3-8,15-16,26-27H,1-2H3,(H2,22,23,30)(H2,24,25,28,29,31). The summed E-state index contributed by atoms with van der Waals surface area (Å²) in [6.07, 6.45) is 0. The van der Waals surface area contributed by atoms with Crippen molar-refractivity contribution in [2.24, 2.45) is 5.41 Å². The second-order valence-corrected chi connectivity index (χ2v) is 7.45. The number of amides is 6. The second kappa shape index (κ2) is 7.89. The number of methoxy groups -OCH3 is 2. The molecule has 2 aromatic rings. The number of ether oxygens (including phenoxy) is 2. The van der Waals surface area contributed by atoms with Crippen molar-refractivity contribution in [2.45, 2.75) is 12.1 Å².